The van der Waals surface area contributed by atoms with Gasteiger partial charge in [0.1, 0.15) is 0 Å². The minimum atomic E-state index is 0.120. The van der Waals surface area contributed by atoms with Crippen LogP contribution in [0.25, 0.3) is 0 Å². The minimum Gasteiger partial charge on any atom is -0.493 e. The van der Waals surface area contributed by atoms with Crippen molar-refractivity contribution in [1.82, 2.24) is 0 Å². The summed E-state index contributed by atoms with van der Waals surface area (Å²) in [5.74, 6) is 1.59. The van der Waals surface area contributed by atoms with Crippen molar-refractivity contribution in [3.8, 4) is 11.5 Å². The van der Waals surface area contributed by atoms with Gasteiger partial charge >= 0.3 is 0 Å². The molecule has 0 amide bonds. The van der Waals surface area contributed by atoms with Gasteiger partial charge in [-0.3, -0.25) is 0 Å². The maximum atomic E-state index is 5.89. The largest absolute Gasteiger partial charge is 0.493 e. The van der Waals surface area contributed by atoms with E-state index in [-0.39, 0.29) is 12.2 Å². The molecule has 3 heteroatoms. The molecule has 88 valence electrons. The Bertz CT molecular complexity index is 387. The maximum Gasteiger partial charge on any atom is 0.166 e. The minimum absolute atomic E-state index is 0.120. The van der Waals surface area contributed by atoms with Gasteiger partial charge in [0.2, 0.25) is 0 Å². The summed E-state index contributed by atoms with van der Waals surface area (Å²) < 4.78 is 16.7. The second-order valence-electron chi connectivity index (χ2n) is 3.98. The highest BCUT2D eigenvalue weighted by atomic mass is 16.5. The van der Waals surface area contributed by atoms with E-state index >= 15 is 0 Å². The van der Waals surface area contributed by atoms with Crippen LogP contribution in [0.3, 0.4) is 0 Å². The number of hydrogen-bond donors (Lipinski definition) is 0. The Morgan fingerprint density at radius 3 is 2.56 bits per heavy atom. The van der Waals surface area contributed by atoms with Gasteiger partial charge in [-0.1, -0.05) is 13.0 Å². The third-order valence-corrected chi connectivity index (χ3v) is 3.12. The topological polar surface area (TPSA) is 27.7 Å². The number of ether oxygens (including phenoxy) is 3. The van der Waals surface area contributed by atoms with Crippen LogP contribution in [0.4, 0.5) is 0 Å². The van der Waals surface area contributed by atoms with Gasteiger partial charge in [-0.15, -0.1) is 0 Å². The standard InChI is InChI=1S/C13H18O3/c1-5-10-12-9(8(2)16-10)6-7-11(14-3)13(12)15-4/h6-8,10H,5H2,1-4H3. The Labute approximate surface area is 96.3 Å². The summed E-state index contributed by atoms with van der Waals surface area (Å²) in [4.78, 5) is 0. The van der Waals surface area contributed by atoms with E-state index in [1.165, 1.54) is 5.56 Å². The van der Waals surface area contributed by atoms with Gasteiger partial charge in [-0.25, -0.2) is 0 Å². The van der Waals surface area contributed by atoms with E-state index in [0.29, 0.717) is 0 Å². The predicted molar refractivity (Wildman–Crippen MR) is 62.1 cm³/mol. The van der Waals surface area contributed by atoms with Crippen LogP contribution >= 0.6 is 0 Å². The van der Waals surface area contributed by atoms with E-state index in [4.69, 9.17) is 14.2 Å². The van der Waals surface area contributed by atoms with Crippen molar-refractivity contribution in [3.63, 3.8) is 0 Å². The average molecular weight is 222 g/mol. The number of rotatable bonds is 3. The van der Waals surface area contributed by atoms with E-state index in [1.54, 1.807) is 14.2 Å². The predicted octanol–water partition coefficient (Wildman–Crippen LogP) is 3.25. The summed E-state index contributed by atoms with van der Waals surface area (Å²) in [5.41, 5.74) is 2.36. The highest BCUT2D eigenvalue weighted by molar-refractivity contribution is 5.54. The van der Waals surface area contributed by atoms with E-state index < -0.39 is 0 Å². The van der Waals surface area contributed by atoms with Gasteiger partial charge in [-0.2, -0.15) is 0 Å². The molecule has 1 aromatic rings. The lowest BCUT2D eigenvalue weighted by Crippen LogP contribution is -1.99. The first kappa shape index (κ1) is 11.3. The Balaban J connectivity index is 2.57. The second kappa shape index (κ2) is 4.34. The molecule has 1 aliphatic rings. The zero-order valence-electron chi connectivity index (χ0n) is 10.2. The molecule has 0 aromatic heterocycles. The van der Waals surface area contributed by atoms with Crippen LogP contribution in [0.5, 0.6) is 11.5 Å². The molecule has 0 bridgehead atoms. The fourth-order valence-corrected chi connectivity index (χ4v) is 2.34. The summed E-state index contributed by atoms with van der Waals surface area (Å²) in [5, 5.41) is 0. The monoisotopic (exact) mass is 222 g/mol. The number of fused-ring (bicyclic) bond motifs is 1. The molecule has 1 heterocycles. The summed E-state index contributed by atoms with van der Waals surface area (Å²) in [6.07, 6.45) is 1.20. The van der Waals surface area contributed by atoms with Crippen molar-refractivity contribution >= 4 is 0 Å². The van der Waals surface area contributed by atoms with Crippen LogP contribution in [0, 0.1) is 0 Å². The molecule has 0 aliphatic carbocycles. The van der Waals surface area contributed by atoms with E-state index in [2.05, 4.69) is 19.9 Å². The molecule has 0 spiro atoms. The molecule has 0 N–H and O–H groups in total. The second-order valence-corrected chi connectivity index (χ2v) is 3.98. The van der Waals surface area contributed by atoms with Gasteiger partial charge in [0.05, 0.1) is 26.4 Å². The zero-order chi connectivity index (χ0) is 11.7. The summed E-state index contributed by atoms with van der Waals surface area (Å²) in [6.45, 7) is 4.19. The molecule has 0 fully saturated rings. The zero-order valence-corrected chi connectivity index (χ0v) is 10.2. The van der Waals surface area contributed by atoms with Crippen LogP contribution in [-0.2, 0) is 4.74 Å². The average Bonchev–Trinajstić information content (AvgIpc) is 2.65. The smallest absolute Gasteiger partial charge is 0.166 e. The van der Waals surface area contributed by atoms with Crippen molar-refractivity contribution in [2.45, 2.75) is 32.5 Å². The Morgan fingerprint density at radius 1 is 1.25 bits per heavy atom. The Morgan fingerprint density at radius 2 is 2.00 bits per heavy atom. The molecular formula is C13H18O3. The van der Waals surface area contributed by atoms with Crippen LogP contribution in [0.1, 0.15) is 43.6 Å². The molecule has 3 nitrogen and oxygen atoms in total. The first-order chi connectivity index (χ1) is 7.72. The van der Waals surface area contributed by atoms with Gasteiger partial charge in [0.15, 0.2) is 11.5 Å². The van der Waals surface area contributed by atoms with Crippen molar-refractivity contribution in [1.29, 1.82) is 0 Å². The molecule has 1 aromatic carbocycles. The first-order valence-electron chi connectivity index (χ1n) is 5.63. The lowest BCUT2D eigenvalue weighted by Gasteiger charge is -2.15. The molecule has 0 saturated carbocycles. The van der Waals surface area contributed by atoms with Crippen LogP contribution in [0.15, 0.2) is 12.1 Å². The van der Waals surface area contributed by atoms with Crippen LogP contribution in [-0.4, -0.2) is 14.2 Å². The lowest BCUT2D eigenvalue weighted by atomic mass is 9.99. The van der Waals surface area contributed by atoms with Crippen LogP contribution < -0.4 is 9.47 Å². The first-order valence-corrected chi connectivity index (χ1v) is 5.63. The molecule has 2 unspecified atom stereocenters. The van der Waals surface area contributed by atoms with Gasteiger partial charge < -0.3 is 14.2 Å². The van der Waals surface area contributed by atoms with Crippen molar-refractivity contribution in [2.75, 3.05) is 14.2 Å². The van der Waals surface area contributed by atoms with Gasteiger partial charge in [0, 0.05) is 5.56 Å². The number of hydrogen-bond acceptors (Lipinski definition) is 3. The van der Waals surface area contributed by atoms with Crippen molar-refractivity contribution < 1.29 is 14.2 Å². The summed E-state index contributed by atoms with van der Waals surface area (Å²) in [6, 6.07) is 4.01. The fraction of sp³-hybridized carbons (Fsp3) is 0.538. The van der Waals surface area contributed by atoms with Crippen LogP contribution in [0.2, 0.25) is 0 Å². The highest BCUT2D eigenvalue weighted by Crippen LogP contribution is 2.48. The molecule has 1 aliphatic heterocycles. The molecule has 2 atom stereocenters. The normalized spacial score (nSPS) is 23.0. The molecule has 2 rings (SSSR count). The third-order valence-electron chi connectivity index (χ3n) is 3.12. The summed E-state index contributed by atoms with van der Waals surface area (Å²) in [7, 11) is 3.33. The quantitative estimate of drug-likeness (QED) is 0.785. The fourth-order valence-electron chi connectivity index (χ4n) is 2.34. The summed E-state index contributed by atoms with van der Waals surface area (Å²) >= 11 is 0. The Hall–Kier alpha value is -1.22. The Kier molecular flexibility index (Phi) is 3.06. The SMILES string of the molecule is CCC1OC(C)c2ccc(OC)c(OC)c21. The molecule has 0 saturated heterocycles. The van der Waals surface area contributed by atoms with Gasteiger partial charge in [-0.05, 0) is 25.0 Å². The number of methoxy groups -OCH3 is 2. The number of benzene rings is 1. The molecular weight excluding hydrogens is 204 g/mol. The maximum absolute atomic E-state index is 5.89. The van der Waals surface area contributed by atoms with Crippen molar-refractivity contribution in [2.24, 2.45) is 0 Å². The van der Waals surface area contributed by atoms with Crippen molar-refractivity contribution in [3.05, 3.63) is 23.3 Å². The van der Waals surface area contributed by atoms with Gasteiger partial charge in [0.25, 0.3) is 0 Å². The lowest BCUT2D eigenvalue weighted by molar-refractivity contribution is 0.0192. The molecule has 0 radical (unpaired) electrons. The van der Waals surface area contributed by atoms with E-state index in [0.717, 1.165) is 23.5 Å². The van der Waals surface area contributed by atoms with E-state index in [1.807, 2.05) is 6.07 Å². The third kappa shape index (κ3) is 1.55. The molecule has 16 heavy (non-hydrogen) atoms. The highest BCUT2D eigenvalue weighted by Gasteiger charge is 2.32. The van der Waals surface area contributed by atoms with E-state index in [9.17, 15) is 0 Å².